The van der Waals surface area contributed by atoms with E-state index in [0.29, 0.717) is 37.2 Å². The van der Waals surface area contributed by atoms with Gasteiger partial charge >= 0.3 is 0 Å². The van der Waals surface area contributed by atoms with Crippen molar-refractivity contribution >= 4 is 33.2 Å². The first-order chi connectivity index (χ1) is 10.8. The number of sulfonamides is 1. The zero-order valence-corrected chi connectivity index (χ0v) is 14.0. The molecule has 0 aliphatic carbocycles. The van der Waals surface area contributed by atoms with Crippen LogP contribution in [-0.4, -0.2) is 43.4 Å². The monoisotopic (exact) mass is 339 g/mol. The topological polar surface area (TPSA) is 95.6 Å². The molecule has 1 heterocycles. The van der Waals surface area contributed by atoms with Gasteiger partial charge in [-0.1, -0.05) is 13.0 Å². The van der Waals surface area contributed by atoms with Crippen molar-refractivity contribution in [3.63, 3.8) is 0 Å². The zero-order valence-electron chi connectivity index (χ0n) is 13.2. The third-order valence-electron chi connectivity index (χ3n) is 3.67. The minimum atomic E-state index is -3.40. The van der Waals surface area contributed by atoms with Crippen LogP contribution in [0.2, 0.25) is 0 Å². The molecule has 0 bridgehead atoms. The van der Waals surface area contributed by atoms with Gasteiger partial charge in [0.2, 0.25) is 21.8 Å². The molecule has 1 aliphatic heterocycles. The molecule has 1 unspecified atom stereocenters. The molecule has 7 nitrogen and oxygen atoms in total. The molecule has 0 saturated carbocycles. The number of amides is 2. The van der Waals surface area contributed by atoms with Crippen LogP contribution in [0, 0.1) is 0 Å². The summed E-state index contributed by atoms with van der Waals surface area (Å²) < 4.78 is 24.6. The number of nitrogens with zero attached hydrogens (tertiary/aromatic N) is 1. The third-order valence-corrected chi connectivity index (χ3v) is 4.96. The van der Waals surface area contributed by atoms with E-state index in [2.05, 4.69) is 10.6 Å². The van der Waals surface area contributed by atoms with Crippen molar-refractivity contribution in [3.05, 3.63) is 24.3 Å². The maximum atomic E-state index is 12.4. The Bertz CT molecular complexity index is 702. The van der Waals surface area contributed by atoms with E-state index in [1.54, 1.807) is 31.2 Å². The van der Waals surface area contributed by atoms with Gasteiger partial charge in [-0.05, 0) is 31.0 Å². The summed E-state index contributed by atoms with van der Waals surface area (Å²) in [5.41, 5.74) is 1.10. The number of carbonyl (C=O) groups is 2. The second kappa shape index (κ2) is 7.10. The summed E-state index contributed by atoms with van der Waals surface area (Å²) in [5.74, 6) is -0.473. The van der Waals surface area contributed by atoms with Gasteiger partial charge in [0.25, 0.3) is 0 Å². The largest absolute Gasteiger partial charge is 0.326 e. The zero-order chi connectivity index (χ0) is 17.0. The summed E-state index contributed by atoms with van der Waals surface area (Å²) >= 11 is 0. The van der Waals surface area contributed by atoms with Crippen molar-refractivity contribution in [2.75, 3.05) is 23.4 Å². The molecule has 23 heavy (non-hydrogen) atoms. The van der Waals surface area contributed by atoms with Crippen molar-refractivity contribution in [2.45, 2.75) is 32.2 Å². The number of carbonyl (C=O) groups excluding carboxylic acids is 2. The summed E-state index contributed by atoms with van der Waals surface area (Å²) in [4.78, 5) is 23.8. The molecular formula is C15H21N3O4S. The lowest BCUT2D eigenvalue weighted by molar-refractivity contribution is -0.119. The molecular weight excluding hydrogens is 318 g/mol. The van der Waals surface area contributed by atoms with Gasteiger partial charge in [-0.2, -0.15) is 4.31 Å². The lowest BCUT2D eigenvalue weighted by Crippen LogP contribution is -2.42. The second-order valence-electron chi connectivity index (χ2n) is 5.50. The van der Waals surface area contributed by atoms with E-state index in [1.165, 1.54) is 4.31 Å². The molecule has 1 fully saturated rings. The normalized spacial score (nSPS) is 18.6. The van der Waals surface area contributed by atoms with Crippen LogP contribution in [0.5, 0.6) is 0 Å². The van der Waals surface area contributed by atoms with Gasteiger partial charge < -0.3 is 10.6 Å². The molecule has 126 valence electrons. The van der Waals surface area contributed by atoms with Crippen LogP contribution in [0.4, 0.5) is 11.4 Å². The first kappa shape index (κ1) is 17.4. The van der Waals surface area contributed by atoms with Crippen LogP contribution < -0.4 is 10.6 Å². The lowest BCUT2D eigenvalue weighted by atomic mass is 10.2. The van der Waals surface area contributed by atoms with Crippen molar-refractivity contribution in [2.24, 2.45) is 0 Å². The number of benzene rings is 1. The Balaban J connectivity index is 2.08. The van der Waals surface area contributed by atoms with Gasteiger partial charge in [0.15, 0.2) is 0 Å². The quantitative estimate of drug-likeness (QED) is 0.847. The standard InChI is InChI=1S/C15H21N3O4S/c1-3-14(19)16-11-6-4-7-12(10-11)17-15(20)13-8-5-9-18(13)23(2,21)22/h4,6-7,10,13H,3,5,8-9H2,1-2H3,(H,16,19)(H,17,20). The van der Waals surface area contributed by atoms with Crippen LogP contribution in [0.3, 0.4) is 0 Å². The van der Waals surface area contributed by atoms with Gasteiger partial charge in [-0.15, -0.1) is 0 Å². The number of hydrogen-bond acceptors (Lipinski definition) is 4. The van der Waals surface area contributed by atoms with Crippen molar-refractivity contribution in [1.82, 2.24) is 4.31 Å². The Morgan fingerprint density at radius 2 is 1.91 bits per heavy atom. The highest BCUT2D eigenvalue weighted by atomic mass is 32.2. The molecule has 1 atom stereocenters. The molecule has 8 heteroatoms. The minimum absolute atomic E-state index is 0.118. The molecule has 0 spiro atoms. The van der Waals surface area contributed by atoms with E-state index in [9.17, 15) is 18.0 Å². The van der Waals surface area contributed by atoms with Gasteiger partial charge in [-0.3, -0.25) is 9.59 Å². The molecule has 1 aliphatic rings. The highest BCUT2D eigenvalue weighted by Crippen LogP contribution is 2.22. The van der Waals surface area contributed by atoms with Gasteiger partial charge in [0.05, 0.1) is 6.26 Å². The fraction of sp³-hybridized carbons (Fsp3) is 0.467. The fourth-order valence-corrected chi connectivity index (χ4v) is 3.67. The number of nitrogens with one attached hydrogen (secondary N) is 2. The highest BCUT2D eigenvalue weighted by molar-refractivity contribution is 7.88. The maximum Gasteiger partial charge on any atom is 0.242 e. The minimum Gasteiger partial charge on any atom is -0.326 e. The highest BCUT2D eigenvalue weighted by Gasteiger charge is 2.36. The Morgan fingerprint density at radius 1 is 1.26 bits per heavy atom. The molecule has 2 N–H and O–H groups in total. The summed E-state index contributed by atoms with van der Waals surface area (Å²) in [6, 6.07) is 6.09. The number of anilines is 2. The second-order valence-corrected chi connectivity index (χ2v) is 7.44. The van der Waals surface area contributed by atoms with Crippen LogP contribution in [0.15, 0.2) is 24.3 Å². The van der Waals surface area contributed by atoms with Crippen molar-refractivity contribution in [1.29, 1.82) is 0 Å². The van der Waals surface area contributed by atoms with Gasteiger partial charge in [0, 0.05) is 24.3 Å². The fourth-order valence-electron chi connectivity index (χ4n) is 2.55. The van der Waals surface area contributed by atoms with Crippen LogP contribution in [0.25, 0.3) is 0 Å². The van der Waals surface area contributed by atoms with E-state index in [1.807, 2.05) is 0 Å². The molecule has 1 saturated heterocycles. The molecule has 2 rings (SSSR count). The average molecular weight is 339 g/mol. The van der Waals surface area contributed by atoms with E-state index in [4.69, 9.17) is 0 Å². The summed E-state index contributed by atoms with van der Waals surface area (Å²) in [6.45, 7) is 2.12. The van der Waals surface area contributed by atoms with Crippen molar-refractivity contribution < 1.29 is 18.0 Å². The number of rotatable bonds is 5. The predicted octanol–water partition coefficient (Wildman–Crippen LogP) is 1.40. The SMILES string of the molecule is CCC(=O)Nc1cccc(NC(=O)C2CCCN2S(C)(=O)=O)c1. The summed E-state index contributed by atoms with van der Waals surface area (Å²) in [6.07, 6.45) is 2.64. The first-order valence-electron chi connectivity index (χ1n) is 7.49. The summed E-state index contributed by atoms with van der Waals surface area (Å²) in [5, 5.41) is 5.43. The Morgan fingerprint density at radius 3 is 2.52 bits per heavy atom. The third kappa shape index (κ3) is 4.52. The Kier molecular flexibility index (Phi) is 5.38. The Hall–Kier alpha value is -1.93. The van der Waals surface area contributed by atoms with Gasteiger partial charge in [0.1, 0.15) is 6.04 Å². The van der Waals surface area contributed by atoms with E-state index in [-0.39, 0.29) is 11.8 Å². The average Bonchev–Trinajstić information content (AvgIpc) is 2.97. The predicted molar refractivity (Wildman–Crippen MR) is 88.6 cm³/mol. The number of hydrogen-bond donors (Lipinski definition) is 2. The van der Waals surface area contributed by atoms with Gasteiger partial charge in [-0.25, -0.2) is 8.42 Å². The van der Waals surface area contributed by atoms with Crippen LogP contribution in [-0.2, 0) is 19.6 Å². The van der Waals surface area contributed by atoms with E-state index in [0.717, 1.165) is 6.26 Å². The lowest BCUT2D eigenvalue weighted by Gasteiger charge is -2.21. The molecule has 1 aromatic carbocycles. The molecule has 0 radical (unpaired) electrons. The molecule has 1 aromatic rings. The first-order valence-corrected chi connectivity index (χ1v) is 9.33. The molecule has 0 aromatic heterocycles. The molecule has 2 amide bonds. The van der Waals surface area contributed by atoms with Crippen LogP contribution in [0.1, 0.15) is 26.2 Å². The van der Waals surface area contributed by atoms with E-state index < -0.39 is 16.1 Å². The van der Waals surface area contributed by atoms with Crippen LogP contribution >= 0.6 is 0 Å². The Labute approximate surface area is 136 Å². The van der Waals surface area contributed by atoms with Crippen molar-refractivity contribution in [3.8, 4) is 0 Å². The smallest absolute Gasteiger partial charge is 0.242 e. The maximum absolute atomic E-state index is 12.4. The summed E-state index contributed by atoms with van der Waals surface area (Å²) in [7, 11) is -3.40. The van der Waals surface area contributed by atoms with E-state index >= 15 is 0 Å².